The number of hydrogen-bond donors (Lipinski definition) is 0. The van der Waals surface area contributed by atoms with E-state index in [2.05, 4.69) is 6.58 Å². The van der Waals surface area contributed by atoms with Crippen molar-refractivity contribution in [3.63, 3.8) is 0 Å². The molecular formula is C12H14O2. The van der Waals surface area contributed by atoms with E-state index in [9.17, 15) is 4.79 Å². The Morgan fingerprint density at radius 3 is 2.64 bits per heavy atom. The summed E-state index contributed by atoms with van der Waals surface area (Å²) in [6.45, 7) is 4.03. The zero-order valence-electron chi connectivity index (χ0n) is 8.06. The van der Waals surface area contributed by atoms with Gasteiger partial charge < -0.3 is 9.53 Å². The molecule has 0 aliphatic carbocycles. The van der Waals surface area contributed by atoms with Crippen LogP contribution >= 0.6 is 0 Å². The molecule has 0 N–H and O–H groups in total. The van der Waals surface area contributed by atoms with Crippen molar-refractivity contribution in [3.05, 3.63) is 48.6 Å². The Bertz CT molecular complexity index is 280. The minimum atomic E-state index is -0.368. The van der Waals surface area contributed by atoms with E-state index in [4.69, 9.17) is 4.74 Å². The smallest absolute Gasteiger partial charge is 0.149 e. The van der Waals surface area contributed by atoms with Gasteiger partial charge in [-0.1, -0.05) is 36.4 Å². The largest absolute Gasteiger partial charge is 0.366 e. The van der Waals surface area contributed by atoms with Gasteiger partial charge in [-0.05, 0) is 12.0 Å². The van der Waals surface area contributed by atoms with Crippen molar-refractivity contribution >= 4 is 6.29 Å². The summed E-state index contributed by atoms with van der Waals surface area (Å²) in [4.78, 5) is 10.5. The summed E-state index contributed by atoms with van der Waals surface area (Å²) in [5.41, 5.74) is 1.07. The predicted octanol–water partition coefficient (Wildman–Crippen LogP) is 2.35. The second-order valence-electron chi connectivity index (χ2n) is 3.00. The highest BCUT2D eigenvalue weighted by Crippen LogP contribution is 2.04. The second-order valence-corrected chi connectivity index (χ2v) is 3.00. The van der Waals surface area contributed by atoms with Crippen molar-refractivity contribution in [2.45, 2.75) is 19.1 Å². The standard InChI is InChI=1S/C12H14O2/c1-2-6-12(9-13)14-10-11-7-4-3-5-8-11/h2-5,7-9,12H,1,6,10H2/t12-/m1/s1. The van der Waals surface area contributed by atoms with E-state index in [0.29, 0.717) is 13.0 Å². The maximum absolute atomic E-state index is 10.5. The number of carbonyl (C=O) groups is 1. The first kappa shape index (κ1) is 10.7. The molecule has 0 aromatic heterocycles. The first-order valence-corrected chi connectivity index (χ1v) is 4.58. The minimum Gasteiger partial charge on any atom is -0.366 e. The highest BCUT2D eigenvalue weighted by atomic mass is 16.5. The fourth-order valence-corrected chi connectivity index (χ4v) is 1.10. The van der Waals surface area contributed by atoms with E-state index in [-0.39, 0.29) is 6.10 Å². The van der Waals surface area contributed by atoms with E-state index in [0.717, 1.165) is 11.8 Å². The molecule has 74 valence electrons. The van der Waals surface area contributed by atoms with E-state index in [1.165, 1.54) is 0 Å². The summed E-state index contributed by atoms with van der Waals surface area (Å²) in [7, 11) is 0. The first-order valence-electron chi connectivity index (χ1n) is 4.58. The molecule has 0 bridgehead atoms. The lowest BCUT2D eigenvalue weighted by Gasteiger charge is -2.09. The van der Waals surface area contributed by atoms with Crippen LogP contribution in [0.2, 0.25) is 0 Å². The van der Waals surface area contributed by atoms with Crippen molar-refractivity contribution in [2.75, 3.05) is 0 Å². The van der Waals surface area contributed by atoms with Crippen LogP contribution in [0.25, 0.3) is 0 Å². The molecule has 0 aliphatic rings. The SMILES string of the molecule is C=CC[C@H](C=O)OCc1ccccc1. The molecule has 0 fully saturated rings. The molecule has 2 nitrogen and oxygen atoms in total. The van der Waals surface area contributed by atoms with Crippen LogP contribution in [0.1, 0.15) is 12.0 Å². The molecule has 0 radical (unpaired) electrons. The van der Waals surface area contributed by atoms with Crippen molar-refractivity contribution in [1.82, 2.24) is 0 Å². The maximum atomic E-state index is 10.5. The van der Waals surface area contributed by atoms with E-state index >= 15 is 0 Å². The normalized spacial score (nSPS) is 12.0. The topological polar surface area (TPSA) is 26.3 Å². The van der Waals surface area contributed by atoms with Crippen LogP contribution in [0.3, 0.4) is 0 Å². The van der Waals surface area contributed by atoms with Gasteiger partial charge in [-0.15, -0.1) is 6.58 Å². The molecule has 1 rings (SSSR count). The summed E-state index contributed by atoms with van der Waals surface area (Å²) in [6.07, 6.45) is 2.69. The zero-order chi connectivity index (χ0) is 10.2. The highest BCUT2D eigenvalue weighted by Gasteiger charge is 2.04. The molecule has 1 aromatic carbocycles. The number of rotatable bonds is 6. The van der Waals surface area contributed by atoms with Gasteiger partial charge in [0.15, 0.2) is 0 Å². The van der Waals surface area contributed by atoms with E-state index < -0.39 is 0 Å². The Kier molecular flexibility index (Phi) is 4.65. The monoisotopic (exact) mass is 190 g/mol. The van der Waals surface area contributed by atoms with Crippen LogP contribution in [0.4, 0.5) is 0 Å². The second kappa shape index (κ2) is 6.11. The van der Waals surface area contributed by atoms with Crippen molar-refractivity contribution < 1.29 is 9.53 Å². The fourth-order valence-electron chi connectivity index (χ4n) is 1.10. The van der Waals surface area contributed by atoms with Gasteiger partial charge in [0.25, 0.3) is 0 Å². The van der Waals surface area contributed by atoms with Gasteiger partial charge in [-0.25, -0.2) is 0 Å². The third-order valence-corrected chi connectivity index (χ3v) is 1.86. The van der Waals surface area contributed by atoms with Crippen LogP contribution < -0.4 is 0 Å². The molecular weight excluding hydrogens is 176 g/mol. The number of benzene rings is 1. The molecule has 0 amide bonds. The Hall–Kier alpha value is -1.41. The Morgan fingerprint density at radius 2 is 2.07 bits per heavy atom. The number of ether oxygens (including phenoxy) is 1. The van der Waals surface area contributed by atoms with Gasteiger partial charge in [0.2, 0.25) is 0 Å². The summed E-state index contributed by atoms with van der Waals surface area (Å²) in [5.74, 6) is 0. The van der Waals surface area contributed by atoms with Crippen molar-refractivity contribution in [2.24, 2.45) is 0 Å². The summed E-state index contributed by atoms with van der Waals surface area (Å²) < 4.78 is 5.38. The molecule has 0 spiro atoms. The molecule has 0 heterocycles. The molecule has 1 aromatic rings. The lowest BCUT2D eigenvalue weighted by molar-refractivity contribution is -0.118. The number of aldehydes is 1. The van der Waals surface area contributed by atoms with Crippen molar-refractivity contribution in [1.29, 1.82) is 0 Å². The number of carbonyl (C=O) groups excluding carboxylic acids is 1. The van der Waals surface area contributed by atoms with Crippen LogP contribution in [-0.4, -0.2) is 12.4 Å². The molecule has 0 aliphatic heterocycles. The quantitative estimate of drug-likeness (QED) is 0.508. The van der Waals surface area contributed by atoms with Crippen LogP contribution in [0.5, 0.6) is 0 Å². The fraction of sp³-hybridized carbons (Fsp3) is 0.250. The Labute approximate surface area is 84.2 Å². The first-order chi connectivity index (χ1) is 6.86. The van der Waals surface area contributed by atoms with Gasteiger partial charge in [0, 0.05) is 0 Å². The van der Waals surface area contributed by atoms with Crippen molar-refractivity contribution in [3.8, 4) is 0 Å². The van der Waals surface area contributed by atoms with Gasteiger partial charge in [-0.2, -0.15) is 0 Å². The third-order valence-electron chi connectivity index (χ3n) is 1.86. The molecule has 2 heteroatoms. The zero-order valence-corrected chi connectivity index (χ0v) is 8.06. The molecule has 0 unspecified atom stereocenters. The lowest BCUT2D eigenvalue weighted by atomic mass is 10.2. The molecule has 14 heavy (non-hydrogen) atoms. The molecule has 1 atom stereocenters. The van der Waals surface area contributed by atoms with Gasteiger partial charge in [0.05, 0.1) is 6.61 Å². The lowest BCUT2D eigenvalue weighted by Crippen LogP contribution is -2.13. The predicted molar refractivity (Wildman–Crippen MR) is 55.9 cm³/mol. The summed E-state index contributed by atoms with van der Waals surface area (Å²) in [5, 5.41) is 0. The van der Waals surface area contributed by atoms with E-state index in [1.54, 1.807) is 6.08 Å². The van der Waals surface area contributed by atoms with Crippen LogP contribution in [-0.2, 0) is 16.1 Å². The molecule has 0 saturated carbocycles. The van der Waals surface area contributed by atoms with Gasteiger partial charge in [-0.3, -0.25) is 0 Å². The van der Waals surface area contributed by atoms with Gasteiger partial charge >= 0.3 is 0 Å². The average molecular weight is 190 g/mol. The Morgan fingerprint density at radius 1 is 1.36 bits per heavy atom. The third kappa shape index (κ3) is 3.54. The summed E-state index contributed by atoms with van der Waals surface area (Å²) in [6, 6.07) is 9.78. The Balaban J connectivity index is 2.39. The van der Waals surface area contributed by atoms with Gasteiger partial charge in [0.1, 0.15) is 12.4 Å². The average Bonchev–Trinajstić information content (AvgIpc) is 2.25. The molecule has 0 saturated heterocycles. The van der Waals surface area contributed by atoms with Crippen LogP contribution in [0.15, 0.2) is 43.0 Å². The highest BCUT2D eigenvalue weighted by molar-refractivity contribution is 5.56. The maximum Gasteiger partial charge on any atom is 0.149 e. The summed E-state index contributed by atoms with van der Waals surface area (Å²) >= 11 is 0. The van der Waals surface area contributed by atoms with E-state index in [1.807, 2.05) is 30.3 Å². The number of hydrogen-bond acceptors (Lipinski definition) is 2. The minimum absolute atomic E-state index is 0.368. The van der Waals surface area contributed by atoms with Crippen LogP contribution in [0, 0.1) is 0 Å².